The van der Waals surface area contributed by atoms with Crippen LogP contribution in [0.2, 0.25) is 0 Å². The third kappa shape index (κ3) is 7.03. The number of carbonyl (C=O) groups is 1. The molecule has 0 fully saturated rings. The summed E-state index contributed by atoms with van der Waals surface area (Å²) >= 11 is 0. The summed E-state index contributed by atoms with van der Waals surface area (Å²) in [5, 5.41) is 2.57. The van der Waals surface area contributed by atoms with Crippen molar-refractivity contribution in [2.45, 2.75) is 20.9 Å². The van der Waals surface area contributed by atoms with Crippen molar-refractivity contribution in [3.05, 3.63) is 72.3 Å². The zero-order valence-corrected chi connectivity index (χ0v) is 23.2. The Bertz CT molecular complexity index is 1580. The van der Waals surface area contributed by atoms with E-state index in [0.717, 1.165) is 4.90 Å². The Balaban J connectivity index is 1.79. The molecule has 0 aliphatic rings. The Morgan fingerprint density at radius 3 is 2.17 bits per heavy atom. The predicted octanol–water partition coefficient (Wildman–Crippen LogP) is 4.00. The Morgan fingerprint density at radius 1 is 0.900 bits per heavy atom. The van der Waals surface area contributed by atoms with Crippen molar-refractivity contribution in [1.29, 1.82) is 0 Å². The van der Waals surface area contributed by atoms with Crippen LogP contribution in [0.4, 0.5) is 23.7 Å². The molecule has 216 valence electrons. The number of benzene rings is 3. The summed E-state index contributed by atoms with van der Waals surface area (Å²) in [6.07, 6.45) is -5.09. The number of nitrogens with one attached hydrogen (secondary N) is 2. The van der Waals surface area contributed by atoms with E-state index >= 15 is 0 Å². The molecular formula is C25H26F3N3O7S2. The van der Waals surface area contributed by atoms with E-state index < -0.39 is 54.0 Å². The second-order valence-corrected chi connectivity index (χ2v) is 12.0. The number of alkyl halides is 3. The normalized spacial score (nSPS) is 12.1. The molecule has 0 saturated carbocycles. The fourth-order valence-electron chi connectivity index (χ4n) is 3.50. The van der Waals surface area contributed by atoms with E-state index in [1.54, 1.807) is 12.1 Å². The zero-order chi connectivity index (χ0) is 29.7. The van der Waals surface area contributed by atoms with Crippen molar-refractivity contribution in [2.24, 2.45) is 0 Å². The van der Waals surface area contributed by atoms with E-state index in [4.69, 9.17) is 9.47 Å². The molecule has 0 heterocycles. The molecule has 2 N–H and O–H groups in total. The van der Waals surface area contributed by atoms with Crippen LogP contribution in [0.1, 0.15) is 5.56 Å². The lowest BCUT2D eigenvalue weighted by molar-refractivity contribution is -0.139. The SMILES string of the molecule is COc1ccc(NC(=O)N(C)CCNS(=O)(=O)c2cc(S(=O)(=O)c3ccccc3)ccc2C(F)(F)F)c(OC)c1. The molecule has 0 unspecified atom stereocenters. The number of likely N-dealkylation sites (N-methyl/N-ethyl adjacent to an activating group) is 1. The second-order valence-electron chi connectivity index (χ2n) is 8.29. The number of urea groups is 1. The predicted molar refractivity (Wildman–Crippen MR) is 140 cm³/mol. The van der Waals surface area contributed by atoms with Gasteiger partial charge < -0.3 is 19.7 Å². The lowest BCUT2D eigenvalue weighted by Gasteiger charge is -2.20. The maximum Gasteiger partial charge on any atom is 0.417 e. The van der Waals surface area contributed by atoms with Crippen LogP contribution in [0, 0.1) is 0 Å². The van der Waals surface area contributed by atoms with E-state index in [1.165, 1.54) is 57.7 Å². The molecule has 40 heavy (non-hydrogen) atoms. The number of carbonyl (C=O) groups excluding carboxylic acids is 1. The summed E-state index contributed by atoms with van der Waals surface area (Å²) in [4.78, 5) is 11.6. The van der Waals surface area contributed by atoms with Crippen molar-refractivity contribution in [3.63, 3.8) is 0 Å². The van der Waals surface area contributed by atoms with Gasteiger partial charge in [-0.25, -0.2) is 26.4 Å². The van der Waals surface area contributed by atoms with Crippen molar-refractivity contribution in [3.8, 4) is 11.5 Å². The highest BCUT2D eigenvalue weighted by Crippen LogP contribution is 2.36. The summed E-state index contributed by atoms with van der Waals surface area (Å²) < 4.78 is 105. The van der Waals surface area contributed by atoms with Crippen LogP contribution in [-0.2, 0) is 26.0 Å². The third-order valence-electron chi connectivity index (χ3n) is 5.65. The van der Waals surface area contributed by atoms with Gasteiger partial charge in [-0.1, -0.05) is 18.2 Å². The van der Waals surface area contributed by atoms with E-state index in [0.29, 0.717) is 35.4 Å². The number of nitrogens with zero attached hydrogens (tertiary/aromatic N) is 1. The third-order valence-corrected chi connectivity index (χ3v) is 8.92. The number of hydrogen-bond donors (Lipinski definition) is 2. The molecule has 0 bridgehead atoms. The molecule has 0 aliphatic carbocycles. The molecule has 2 amide bonds. The van der Waals surface area contributed by atoms with Crippen LogP contribution in [0.15, 0.2) is 81.4 Å². The van der Waals surface area contributed by atoms with Crippen LogP contribution in [-0.4, -0.2) is 62.1 Å². The highest BCUT2D eigenvalue weighted by atomic mass is 32.2. The van der Waals surface area contributed by atoms with Crippen molar-refractivity contribution < 1.29 is 44.3 Å². The molecular weight excluding hydrogens is 575 g/mol. The van der Waals surface area contributed by atoms with Gasteiger partial charge in [-0.05, 0) is 42.5 Å². The minimum Gasteiger partial charge on any atom is -0.497 e. The van der Waals surface area contributed by atoms with Gasteiger partial charge in [-0.15, -0.1) is 0 Å². The molecule has 15 heteroatoms. The number of anilines is 1. The molecule has 3 rings (SSSR count). The number of rotatable bonds is 10. The highest BCUT2D eigenvalue weighted by molar-refractivity contribution is 7.91. The Hall–Kier alpha value is -3.82. The summed E-state index contributed by atoms with van der Waals surface area (Å²) in [5.74, 6) is 0.781. The summed E-state index contributed by atoms with van der Waals surface area (Å²) in [7, 11) is -4.99. The van der Waals surface area contributed by atoms with Crippen LogP contribution in [0.5, 0.6) is 11.5 Å². The van der Waals surface area contributed by atoms with Crippen LogP contribution in [0.3, 0.4) is 0 Å². The molecule has 0 aliphatic heterocycles. The first-order valence-electron chi connectivity index (χ1n) is 11.5. The first-order valence-corrected chi connectivity index (χ1v) is 14.4. The summed E-state index contributed by atoms with van der Waals surface area (Å²) in [6, 6.07) is 12.4. The van der Waals surface area contributed by atoms with Crippen molar-refractivity contribution in [1.82, 2.24) is 9.62 Å². The monoisotopic (exact) mass is 601 g/mol. The standard InChI is InChI=1S/C25H26F3N3O7S2/c1-31(24(32)30-21-12-9-17(37-2)15-22(21)38-3)14-13-29-40(35,36)23-16-19(10-11-20(23)25(26,27)28)39(33,34)18-7-5-4-6-8-18/h4-12,15-16,29H,13-14H2,1-3H3,(H,30,32). The Morgan fingerprint density at radius 2 is 1.57 bits per heavy atom. The molecule has 0 aromatic heterocycles. The lowest BCUT2D eigenvalue weighted by Crippen LogP contribution is -2.38. The number of sulfonamides is 1. The van der Waals surface area contributed by atoms with Crippen molar-refractivity contribution in [2.75, 3.05) is 39.7 Å². The number of methoxy groups -OCH3 is 2. The van der Waals surface area contributed by atoms with Gasteiger partial charge in [0.15, 0.2) is 0 Å². The minimum atomic E-state index is -5.09. The maximum atomic E-state index is 13.7. The number of halogens is 3. The minimum absolute atomic E-state index is 0.216. The number of hydrogen-bond acceptors (Lipinski definition) is 7. The van der Waals surface area contributed by atoms with E-state index in [-0.39, 0.29) is 11.4 Å². The molecule has 3 aromatic rings. The molecule has 0 saturated heterocycles. The quantitative estimate of drug-likeness (QED) is 0.359. The molecule has 0 radical (unpaired) electrons. The maximum absolute atomic E-state index is 13.7. The average molecular weight is 602 g/mol. The fraction of sp³-hybridized carbons (Fsp3) is 0.240. The van der Waals surface area contributed by atoms with Gasteiger partial charge >= 0.3 is 12.2 Å². The largest absolute Gasteiger partial charge is 0.497 e. The summed E-state index contributed by atoms with van der Waals surface area (Å²) in [6.45, 7) is -0.716. The first kappa shape index (κ1) is 30.7. The molecule has 10 nitrogen and oxygen atoms in total. The van der Waals surface area contributed by atoms with Gasteiger partial charge in [0.2, 0.25) is 19.9 Å². The average Bonchev–Trinajstić information content (AvgIpc) is 2.92. The van der Waals surface area contributed by atoms with Gasteiger partial charge in [0, 0.05) is 26.2 Å². The van der Waals surface area contributed by atoms with Gasteiger partial charge in [0.1, 0.15) is 11.5 Å². The zero-order valence-electron chi connectivity index (χ0n) is 21.5. The van der Waals surface area contributed by atoms with Gasteiger partial charge in [-0.2, -0.15) is 13.2 Å². The number of sulfone groups is 1. The lowest BCUT2D eigenvalue weighted by atomic mass is 10.2. The molecule has 0 spiro atoms. The fourth-order valence-corrected chi connectivity index (χ4v) is 6.15. The second kappa shape index (κ2) is 12.1. The highest BCUT2D eigenvalue weighted by Gasteiger charge is 2.38. The summed E-state index contributed by atoms with van der Waals surface area (Å²) in [5.41, 5.74) is -1.24. The van der Waals surface area contributed by atoms with E-state index in [1.807, 2.05) is 4.72 Å². The molecule has 0 atom stereocenters. The Kier molecular flexibility index (Phi) is 9.32. The first-order chi connectivity index (χ1) is 18.7. The van der Waals surface area contributed by atoms with Gasteiger partial charge in [0.25, 0.3) is 0 Å². The van der Waals surface area contributed by atoms with Gasteiger partial charge in [0.05, 0.1) is 40.2 Å². The van der Waals surface area contributed by atoms with Crippen molar-refractivity contribution >= 4 is 31.6 Å². The van der Waals surface area contributed by atoms with E-state index in [9.17, 15) is 34.8 Å². The molecule has 3 aromatic carbocycles. The topological polar surface area (TPSA) is 131 Å². The van der Waals surface area contributed by atoms with Crippen LogP contribution < -0.4 is 19.5 Å². The number of amides is 2. The smallest absolute Gasteiger partial charge is 0.417 e. The van der Waals surface area contributed by atoms with E-state index in [2.05, 4.69) is 5.32 Å². The Labute approximate surface area is 229 Å². The van der Waals surface area contributed by atoms with Gasteiger partial charge in [-0.3, -0.25) is 0 Å². The van der Waals surface area contributed by atoms with Crippen LogP contribution >= 0.6 is 0 Å². The number of ether oxygens (including phenoxy) is 2. The van der Waals surface area contributed by atoms with Crippen LogP contribution in [0.25, 0.3) is 0 Å².